The van der Waals surface area contributed by atoms with Gasteiger partial charge in [-0.05, 0) is 50.2 Å². The van der Waals surface area contributed by atoms with Crippen molar-refractivity contribution in [1.29, 1.82) is 0 Å². The van der Waals surface area contributed by atoms with Gasteiger partial charge in [-0.25, -0.2) is 0 Å². The molecule has 1 atom stereocenters. The molecule has 2 amide bonds. The third-order valence-corrected chi connectivity index (χ3v) is 7.54. The molecule has 2 fully saturated rings. The summed E-state index contributed by atoms with van der Waals surface area (Å²) in [5.74, 6) is 0.157. The van der Waals surface area contributed by atoms with E-state index in [1.807, 2.05) is 41.3 Å². The highest BCUT2D eigenvalue weighted by Crippen LogP contribution is 2.55. The van der Waals surface area contributed by atoms with E-state index in [1.54, 1.807) is 17.0 Å². The van der Waals surface area contributed by atoms with Crippen molar-refractivity contribution in [2.24, 2.45) is 0 Å². The molecular weight excluding hydrogens is 406 g/mol. The van der Waals surface area contributed by atoms with Crippen LogP contribution in [0.25, 0.3) is 0 Å². The fourth-order valence-electron chi connectivity index (χ4n) is 4.61. The fourth-order valence-corrected chi connectivity index (χ4v) is 6.16. The zero-order chi connectivity index (χ0) is 20.0. The van der Waals surface area contributed by atoms with Gasteiger partial charge >= 0.3 is 0 Å². The molecule has 0 radical (unpaired) electrons. The van der Waals surface area contributed by atoms with Crippen molar-refractivity contribution in [1.82, 2.24) is 4.90 Å². The molecule has 0 aromatic heterocycles. The number of para-hydroxylation sites is 1. The molecule has 5 rings (SSSR count). The molecule has 0 N–H and O–H groups in total. The average molecular weight is 428 g/mol. The number of hydrogen-bond donors (Lipinski definition) is 0. The van der Waals surface area contributed by atoms with Gasteiger partial charge in [0.25, 0.3) is 5.91 Å². The number of rotatable bonds is 3. The van der Waals surface area contributed by atoms with E-state index >= 15 is 0 Å². The van der Waals surface area contributed by atoms with E-state index in [0.29, 0.717) is 17.4 Å². The number of amides is 2. The number of carbonyl (C=O) groups is 2. The molecule has 3 aliphatic rings. The first-order valence-corrected chi connectivity index (χ1v) is 11.3. The predicted octanol–water partition coefficient (Wildman–Crippen LogP) is 4.06. The summed E-state index contributed by atoms with van der Waals surface area (Å²) >= 11 is 7.62. The third kappa shape index (κ3) is 2.97. The number of likely N-dealkylation sites (tertiary alicyclic amines) is 1. The minimum atomic E-state index is -1.06. The number of piperidine rings is 1. The second kappa shape index (κ2) is 7.35. The number of anilines is 2. The molecule has 2 aromatic carbocycles. The highest BCUT2D eigenvalue weighted by atomic mass is 35.5. The van der Waals surface area contributed by atoms with Gasteiger partial charge in [-0.1, -0.05) is 42.3 Å². The Morgan fingerprint density at radius 1 is 1.00 bits per heavy atom. The quantitative estimate of drug-likeness (QED) is 0.740. The first-order chi connectivity index (χ1) is 14.1. The SMILES string of the molecule is O=C1CS[C@]2(C(=O)N(CN3CCCCC3)c3ccccc32)N1c1cccc(Cl)c1. The lowest BCUT2D eigenvalue weighted by molar-refractivity contribution is -0.124. The van der Waals surface area contributed by atoms with Crippen LogP contribution in [0.1, 0.15) is 24.8 Å². The second-order valence-electron chi connectivity index (χ2n) is 7.71. The smallest absolute Gasteiger partial charge is 0.269 e. The molecule has 0 unspecified atom stereocenters. The van der Waals surface area contributed by atoms with E-state index < -0.39 is 4.87 Å². The van der Waals surface area contributed by atoms with Crippen LogP contribution in [0.4, 0.5) is 11.4 Å². The Kier molecular flexibility index (Phi) is 4.81. The first kappa shape index (κ1) is 19.0. The summed E-state index contributed by atoms with van der Waals surface area (Å²) in [6.45, 7) is 2.57. The Morgan fingerprint density at radius 3 is 2.59 bits per heavy atom. The summed E-state index contributed by atoms with van der Waals surface area (Å²) in [6, 6.07) is 15.1. The molecule has 150 valence electrons. The number of fused-ring (bicyclic) bond motifs is 2. The lowest BCUT2D eigenvalue weighted by Crippen LogP contribution is -2.52. The van der Waals surface area contributed by atoms with Crippen molar-refractivity contribution >= 4 is 46.6 Å². The molecule has 3 aliphatic heterocycles. The van der Waals surface area contributed by atoms with Gasteiger partial charge in [-0.3, -0.25) is 24.3 Å². The van der Waals surface area contributed by atoms with Gasteiger partial charge in [0.15, 0.2) is 0 Å². The Bertz CT molecular complexity index is 978. The summed E-state index contributed by atoms with van der Waals surface area (Å²) < 4.78 is 0. The van der Waals surface area contributed by atoms with Crippen LogP contribution >= 0.6 is 23.4 Å². The first-order valence-electron chi connectivity index (χ1n) is 9.98. The van der Waals surface area contributed by atoms with Gasteiger partial charge in [-0.2, -0.15) is 0 Å². The topological polar surface area (TPSA) is 43.9 Å². The number of hydrogen-bond acceptors (Lipinski definition) is 4. The molecule has 7 heteroatoms. The maximum absolute atomic E-state index is 13.9. The standard InChI is InChI=1S/C22H22ClN3O2S/c23-16-7-6-8-17(13-16)26-20(27)14-29-22(26)18-9-2-3-10-19(18)25(21(22)28)15-24-11-4-1-5-12-24/h2-3,6-10,13H,1,4-5,11-12,14-15H2/t22-/m1/s1. The van der Waals surface area contributed by atoms with E-state index in [2.05, 4.69) is 4.90 Å². The third-order valence-electron chi connectivity index (χ3n) is 5.92. The summed E-state index contributed by atoms with van der Waals surface area (Å²) in [4.78, 5) is 31.7. The van der Waals surface area contributed by atoms with Crippen LogP contribution < -0.4 is 9.80 Å². The lowest BCUT2D eigenvalue weighted by Gasteiger charge is -2.35. The monoisotopic (exact) mass is 427 g/mol. The minimum absolute atomic E-state index is 0.0416. The molecule has 3 heterocycles. The number of carbonyl (C=O) groups excluding carboxylic acids is 2. The van der Waals surface area contributed by atoms with Crippen molar-refractivity contribution in [2.45, 2.75) is 24.1 Å². The zero-order valence-electron chi connectivity index (χ0n) is 16.0. The van der Waals surface area contributed by atoms with Gasteiger partial charge in [0.05, 0.1) is 18.1 Å². The van der Waals surface area contributed by atoms with Gasteiger partial charge in [0.2, 0.25) is 10.8 Å². The van der Waals surface area contributed by atoms with Crippen molar-refractivity contribution in [2.75, 3.05) is 35.3 Å². The van der Waals surface area contributed by atoms with Gasteiger partial charge < -0.3 is 0 Å². The van der Waals surface area contributed by atoms with Gasteiger partial charge in [0, 0.05) is 16.3 Å². The summed E-state index contributed by atoms with van der Waals surface area (Å²) in [5, 5.41) is 0.547. The Labute approximate surface area is 179 Å². The second-order valence-corrected chi connectivity index (χ2v) is 9.32. The maximum Gasteiger partial charge on any atom is 0.269 e. The summed E-state index contributed by atoms with van der Waals surface area (Å²) in [5.41, 5.74) is 2.45. The molecule has 29 heavy (non-hydrogen) atoms. The lowest BCUT2D eigenvalue weighted by atomic mass is 10.0. The van der Waals surface area contributed by atoms with E-state index in [1.165, 1.54) is 18.2 Å². The summed E-state index contributed by atoms with van der Waals surface area (Å²) in [6.07, 6.45) is 3.57. The highest BCUT2D eigenvalue weighted by molar-refractivity contribution is 8.02. The van der Waals surface area contributed by atoms with Crippen molar-refractivity contribution in [3.8, 4) is 0 Å². The van der Waals surface area contributed by atoms with Crippen molar-refractivity contribution in [3.63, 3.8) is 0 Å². The number of thioether (sulfide) groups is 1. The zero-order valence-corrected chi connectivity index (χ0v) is 17.6. The fraction of sp³-hybridized carbons (Fsp3) is 0.364. The van der Waals surface area contributed by atoms with E-state index in [9.17, 15) is 9.59 Å². The van der Waals surface area contributed by atoms with E-state index in [0.717, 1.165) is 37.2 Å². The molecule has 1 spiro atoms. The minimum Gasteiger partial charge on any atom is -0.295 e. The van der Waals surface area contributed by atoms with Crippen LogP contribution in [0.5, 0.6) is 0 Å². The molecular formula is C22H22ClN3O2S. The Hall–Kier alpha value is -2.02. The van der Waals surface area contributed by atoms with Crippen molar-refractivity contribution < 1.29 is 9.59 Å². The van der Waals surface area contributed by atoms with Crippen LogP contribution in [-0.2, 0) is 14.5 Å². The van der Waals surface area contributed by atoms with Gasteiger partial charge in [-0.15, -0.1) is 11.8 Å². The van der Waals surface area contributed by atoms with E-state index in [4.69, 9.17) is 11.6 Å². The normalized spacial score (nSPS) is 24.6. The molecule has 0 saturated carbocycles. The van der Waals surface area contributed by atoms with Crippen LogP contribution in [0.2, 0.25) is 5.02 Å². The maximum atomic E-state index is 13.9. The van der Waals surface area contributed by atoms with Crippen LogP contribution in [0, 0.1) is 0 Å². The van der Waals surface area contributed by atoms with E-state index in [-0.39, 0.29) is 17.6 Å². The molecule has 0 aliphatic carbocycles. The molecule has 5 nitrogen and oxygen atoms in total. The number of nitrogens with zero attached hydrogens (tertiary/aromatic N) is 3. The largest absolute Gasteiger partial charge is 0.295 e. The summed E-state index contributed by atoms with van der Waals surface area (Å²) in [7, 11) is 0. The van der Waals surface area contributed by atoms with Crippen LogP contribution in [0.3, 0.4) is 0 Å². The van der Waals surface area contributed by atoms with Crippen LogP contribution in [-0.4, -0.2) is 42.2 Å². The number of benzene rings is 2. The van der Waals surface area contributed by atoms with Crippen molar-refractivity contribution in [3.05, 3.63) is 59.1 Å². The Balaban J connectivity index is 1.60. The Morgan fingerprint density at radius 2 is 1.79 bits per heavy atom. The highest BCUT2D eigenvalue weighted by Gasteiger charge is 2.61. The molecule has 0 bridgehead atoms. The molecule has 2 saturated heterocycles. The number of halogens is 1. The predicted molar refractivity (Wildman–Crippen MR) is 117 cm³/mol. The average Bonchev–Trinajstić information content (AvgIpc) is 3.20. The van der Waals surface area contributed by atoms with Gasteiger partial charge in [0.1, 0.15) is 0 Å². The molecule has 2 aromatic rings. The van der Waals surface area contributed by atoms with Crippen LogP contribution in [0.15, 0.2) is 48.5 Å².